The summed E-state index contributed by atoms with van der Waals surface area (Å²) in [7, 11) is 0. The van der Waals surface area contributed by atoms with Gasteiger partial charge in [0.2, 0.25) is 17.4 Å². The molecule has 2 aromatic carbocycles. The number of nitrogens with zero attached hydrogens (tertiary/aromatic N) is 6. The van der Waals surface area contributed by atoms with Gasteiger partial charge in [-0.05, 0) is 38.8 Å². The van der Waals surface area contributed by atoms with Gasteiger partial charge in [-0.25, -0.2) is 0 Å². The van der Waals surface area contributed by atoms with Gasteiger partial charge in [0, 0.05) is 17.5 Å². The molecule has 3 N–H and O–H groups in total. The van der Waals surface area contributed by atoms with E-state index in [0.29, 0.717) is 11.6 Å². The van der Waals surface area contributed by atoms with Gasteiger partial charge in [0.25, 0.3) is 0 Å². The van der Waals surface area contributed by atoms with Crippen LogP contribution in [0.25, 0.3) is 33.9 Å². The molecule has 0 amide bonds. The second-order valence-corrected chi connectivity index (χ2v) is 6.65. The van der Waals surface area contributed by atoms with Crippen LogP contribution in [0, 0.1) is 0 Å². The van der Waals surface area contributed by atoms with Crippen LogP contribution in [0.5, 0.6) is 0 Å². The molecule has 1 aliphatic rings. The average Bonchev–Trinajstić information content (AvgIpc) is 3.50. The van der Waals surface area contributed by atoms with Crippen LogP contribution in [0.15, 0.2) is 60.4 Å². The molecule has 10 heteroatoms. The van der Waals surface area contributed by atoms with Crippen LogP contribution in [-0.4, -0.2) is 52.1 Å². The maximum Gasteiger partial charge on any atom is 0.204 e. The molecule has 0 radical (unpaired) electrons. The number of aliphatic hydroxyl groups is 1. The predicted octanol–water partition coefficient (Wildman–Crippen LogP) is 2.37. The molecule has 0 saturated heterocycles. The number of nitrogens with one attached hydrogen (secondary N) is 2. The van der Waals surface area contributed by atoms with Gasteiger partial charge in [0.15, 0.2) is 5.76 Å². The summed E-state index contributed by atoms with van der Waals surface area (Å²) in [4.78, 5) is 12.2. The molecule has 5 rings (SSSR count). The number of benzene rings is 2. The van der Waals surface area contributed by atoms with E-state index < -0.39 is 0 Å². The Balaban J connectivity index is 1.56. The SMILES string of the molecule is O=C1CC(c2ccc(-c3nn[nH]n3)cc2)=C(c2ccc(-c3nn[nH]n3)cc2)C=C1O. The van der Waals surface area contributed by atoms with Crippen molar-refractivity contribution in [2.75, 3.05) is 0 Å². The van der Waals surface area contributed by atoms with Crippen molar-refractivity contribution in [1.82, 2.24) is 41.2 Å². The molecule has 30 heavy (non-hydrogen) atoms. The van der Waals surface area contributed by atoms with E-state index in [2.05, 4.69) is 41.2 Å². The molecule has 0 saturated carbocycles. The first-order valence-electron chi connectivity index (χ1n) is 9.04. The number of ketones is 1. The number of carbonyl (C=O) groups excluding carboxylic acids is 1. The standard InChI is InChI=1S/C20H14N8O2/c29-17-9-15(11-1-5-13(6-2-11)19-21-25-26-22-19)16(10-18(17)30)12-3-7-14(8-4-12)20-23-27-28-24-20/h1-9,29H,10H2,(H,21,22,25,26)(H,23,24,27,28). The smallest absolute Gasteiger partial charge is 0.204 e. The molecule has 1 aliphatic carbocycles. The summed E-state index contributed by atoms with van der Waals surface area (Å²) in [5.74, 6) is 0.411. The van der Waals surface area contributed by atoms with Gasteiger partial charge in [-0.15, -0.1) is 20.4 Å². The Bertz CT molecular complexity index is 1260. The summed E-state index contributed by atoms with van der Waals surface area (Å²) in [5.41, 5.74) is 4.94. The van der Waals surface area contributed by atoms with Crippen LogP contribution < -0.4 is 0 Å². The normalized spacial score (nSPS) is 14.1. The first-order valence-corrected chi connectivity index (χ1v) is 9.04. The minimum atomic E-state index is -0.320. The van der Waals surface area contributed by atoms with Crippen LogP contribution in [0.4, 0.5) is 0 Å². The summed E-state index contributed by atoms with van der Waals surface area (Å²) >= 11 is 0. The van der Waals surface area contributed by atoms with Crippen LogP contribution in [0.1, 0.15) is 17.5 Å². The highest BCUT2D eigenvalue weighted by molar-refractivity contribution is 6.12. The Morgan fingerprint density at radius 1 is 0.733 bits per heavy atom. The van der Waals surface area contributed by atoms with Crippen molar-refractivity contribution in [3.05, 3.63) is 71.5 Å². The third kappa shape index (κ3) is 3.15. The van der Waals surface area contributed by atoms with Gasteiger partial charge in [-0.2, -0.15) is 10.4 Å². The maximum atomic E-state index is 12.2. The van der Waals surface area contributed by atoms with Crippen molar-refractivity contribution in [2.24, 2.45) is 0 Å². The zero-order chi connectivity index (χ0) is 20.5. The van der Waals surface area contributed by atoms with Gasteiger partial charge in [0.1, 0.15) is 0 Å². The predicted molar refractivity (Wildman–Crippen MR) is 106 cm³/mol. The highest BCUT2D eigenvalue weighted by Gasteiger charge is 2.22. The third-order valence-corrected chi connectivity index (χ3v) is 4.87. The number of H-pyrrole nitrogens is 2. The summed E-state index contributed by atoms with van der Waals surface area (Å²) in [6.07, 6.45) is 1.61. The quantitative estimate of drug-likeness (QED) is 0.475. The second kappa shape index (κ2) is 7.17. The number of hydrogen-bond donors (Lipinski definition) is 3. The molecule has 0 fully saturated rings. The first kappa shape index (κ1) is 17.6. The summed E-state index contributed by atoms with van der Waals surface area (Å²) in [5, 5.41) is 37.9. The van der Waals surface area contributed by atoms with Gasteiger partial charge in [0.05, 0.1) is 0 Å². The average molecular weight is 398 g/mol. The van der Waals surface area contributed by atoms with Crippen LogP contribution >= 0.6 is 0 Å². The number of aliphatic hydroxyl groups excluding tert-OH is 1. The van der Waals surface area contributed by atoms with E-state index in [1.54, 1.807) is 0 Å². The number of Topliss-reactive ketones (excluding diaryl/α,β-unsaturated/α-hetero) is 1. The molecule has 0 unspecified atom stereocenters. The van der Waals surface area contributed by atoms with Crippen LogP contribution in [0.2, 0.25) is 0 Å². The summed E-state index contributed by atoms with van der Waals surface area (Å²) < 4.78 is 0. The Kier molecular flexibility index (Phi) is 4.21. The summed E-state index contributed by atoms with van der Waals surface area (Å²) in [6, 6.07) is 15.1. The molecular formula is C20H14N8O2. The molecule has 0 spiro atoms. The Morgan fingerprint density at radius 3 is 1.73 bits per heavy atom. The van der Waals surface area contributed by atoms with E-state index in [9.17, 15) is 9.90 Å². The number of rotatable bonds is 4. The number of allylic oxidation sites excluding steroid dienone is 4. The molecule has 2 aromatic heterocycles. The molecule has 2 heterocycles. The molecule has 0 bridgehead atoms. The summed E-state index contributed by atoms with van der Waals surface area (Å²) in [6.45, 7) is 0. The lowest BCUT2D eigenvalue weighted by Gasteiger charge is -2.18. The maximum absolute atomic E-state index is 12.2. The zero-order valence-electron chi connectivity index (χ0n) is 15.4. The number of tetrazole rings is 2. The fraction of sp³-hybridized carbons (Fsp3) is 0.0500. The minimum Gasteiger partial charge on any atom is -0.504 e. The molecule has 0 aliphatic heterocycles. The van der Waals surface area contributed by atoms with Crippen LogP contribution in [-0.2, 0) is 4.79 Å². The molecule has 10 nitrogen and oxygen atoms in total. The van der Waals surface area contributed by atoms with Crippen molar-refractivity contribution in [3.63, 3.8) is 0 Å². The van der Waals surface area contributed by atoms with Crippen molar-refractivity contribution in [3.8, 4) is 22.8 Å². The van der Waals surface area contributed by atoms with E-state index in [1.165, 1.54) is 6.08 Å². The van der Waals surface area contributed by atoms with Gasteiger partial charge >= 0.3 is 0 Å². The zero-order valence-corrected chi connectivity index (χ0v) is 15.4. The monoisotopic (exact) mass is 398 g/mol. The topological polar surface area (TPSA) is 146 Å². The fourth-order valence-electron chi connectivity index (χ4n) is 3.35. The highest BCUT2D eigenvalue weighted by atomic mass is 16.3. The van der Waals surface area contributed by atoms with Crippen molar-refractivity contribution in [1.29, 1.82) is 0 Å². The van der Waals surface area contributed by atoms with E-state index >= 15 is 0 Å². The van der Waals surface area contributed by atoms with Gasteiger partial charge < -0.3 is 5.11 Å². The fourth-order valence-corrected chi connectivity index (χ4v) is 3.35. The lowest BCUT2D eigenvalue weighted by Crippen LogP contribution is -2.10. The van der Waals surface area contributed by atoms with Gasteiger partial charge in [-0.3, -0.25) is 4.79 Å². The lowest BCUT2D eigenvalue weighted by atomic mass is 9.86. The molecular weight excluding hydrogens is 384 g/mol. The van der Waals surface area contributed by atoms with E-state index in [4.69, 9.17) is 0 Å². The highest BCUT2D eigenvalue weighted by Crippen LogP contribution is 2.36. The lowest BCUT2D eigenvalue weighted by molar-refractivity contribution is -0.117. The molecule has 146 valence electrons. The largest absolute Gasteiger partial charge is 0.504 e. The number of hydrogen-bond acceptors (Lipinski definition) is 8. The van der Waals surface area contributed by atoms with Gasteiger partial charge in [-0.1, -0.05) is 48.5 Å². The minimum absolute atomic E-state index is 0.103. The Hall–Kier alpha value is -4.47. The van der Waals surface area contributed by atoms with Crippen molar-refractivity contribution in [2.45, 2.75) is 6.42 Å². The Labute approximate surface area is 169 Å². The second-order valence-electron chi connectivity index (χ2n) is 6.65. The van der Waals surface area contributed by atoms with E-state index in [1.807, 2.05) is 48.5 Å². The molecule has 4 aromatic rings. The third-order valence-electron chi connectivity index (χ3n) is 4.87. The Morgan fingerprint density at radius 2 is 1.23 bits per heavy atom. The van der Waals surface area contributed by atoms with E-state index in [-0.39, 0.29) is 18.0 Å². The molecule has 0 atom stereocenters. The first-order chi connectivity index (χ1) is 14.7. The number of aromatic amines is 2. The number of carbonyl (C=O) groups is 1. The van der Waals surface area contributed by atoms with Crippen molar-refractivity contribution < 1.29 is 9.90 Å². The van der Waals surface area contributed by atoms with E-state index in [0.717, 1.165) is 33.4 Å². The number of aromatic nitrogens is 8. The van der Waals surface area contributed by atoms with Crippen molar-refractivity contribution >= 4 is 16.9 Å². The van der Waals surface area contributed by atoms with Crippen LogP contribution in [0.3, 0.4) is 0 Å².